The zero-order valence-electron chi connectivity index (χ0n) is 11.9. The van der Waals surface area contributed by atoms with Gasteiger partial charge in [-0.05, 0) is 37.8 Å². The van der Waals surface area contributed by atoms with Crippen LogP contribution in [0, 0.1) is 12.3 Å². The lowest BCUT2D eigenvalue weighted by Crippen LogP contribution is -2.49. The number of carbonyl (C=O) groups excluding carboxylic acids is 1. The van der Waals surface area contributed by atoms with Crippen molar-refractivity contribution in [2.75, 3.05) is 13.1 Å². The molecule has 1 saturated heterocycles. The lowest BCUT2D eigenvalue weighted by Gasteiger charge is -2.39. The van der Waals surface area contributed by atoms with Crippen molar-refractivity contribution in [2.45, 2.75) is 33.1 Å². The number of aromatic nitrogens is 1. The van der Waals surface area contributed by atoms with E-state index in [1.165, 1.54) is 0 Å². The smallest absolute Gasteiger partial charge is 0.311 e. The minimum Gasteiger partial charge on any atom is -0.481 e. The molecule has 20 heavy (non-hydrogen) atoms. The molecule has 5 heteroatoms. The van der Waals surface area contributed by atoms with Crippen molar-refractivity contribution < 1.29 is 14.7 Å². The highest BCUT2D eigenvalue weighted by Crippen LogP contribution is 2.34. The molecule has 0 saturated carbocycles. The third-order valence-electron chi connectivity index (χ3n) is 4.12. The molecule has 1 aliphatic rings. The summed E-state index contributed by atoms with van der Waals surface area (Å²) in [5, 5.41) is 9.45. The Morgan fingerprint density at radius 1 is 1.45 bits per heavy atom. The van der Waals surface area contributed by atoms with Gasteiger partial charge in [0.15, 0.2) is 0 Å². The monoisotopic (exact) mass is 276 g/mol. The zero-order valence-corrected chi connectivity index (χ0v) is 11.9. The summed E-state index contributed by atoms with van der Waals surface area (Å²) in [6, 6.07) is 1.79. The lowest BCUT2D eigenvalue weighted by molar-refractivity contribution is -0.152. The summed E-state index contributed by atoms with van der Waals surface area (Å²) >= 11 is 0. The first kappa shape index (κ1) is 14.5. The van der Waals surface area contributed by atoms with E-state index in [0.29, 0.717) is 24.9 Å². The van der Waals surface area contributed by atoms with E-state index >= 15 is 0 Å². The van der Waals surface area contributed by atoms with Crippen molar-refractivity contribution in [2.24, 2.45) is 5.41 Å². The summed E-state index contributed by atoms with van der Waals surface area (Å²) in [7, 11) is 0. The molecule has 1 aromatic heterocycles. The maximum absolute atomic E-state index is 12.5. The fourth-order valence-electron chi connectivity index (χ4n) is 2.77. The largest absolute Gasteiger partial charge is 0.481 e. The lowest BCUT2D eigenvalue weighted by atomic mass is 9.77. The van der Waals surface area contributed by atoms with Gasteiger partial charge in [0.05, 0.1) is 11.0 Å². The van der Waals surface area contributed by atoms with Gasteiger partial charge in [-0.1, -0.05) is 6.92 Å². The second-order valence-corrected chi connectivity index (χ2v) is 5.52. The van der Waals surface area contributed by atoms with Gasteiger partial charge in [-0.15, -0.1) is 0 Å². The number of hydrogen-bond acceptors (Lipinski definition) is 3. The van der Waals surface area contributed by atoms with Crippen molar-refractivity contribution >= 4 is 11.9 Å². The topological polar surface area (TPSA) is 70.5 Å². The van der Waals surface area contributed by atoms with Crippen molar-refractivity contribution in [3.8, 4) is 0 Å². The fourth-order valence-corrected chi connectivity index (χ4v) is 2.77. The second-order valence-electron chi connectivity index (χ2n) is 5.52. The number of hydrogen-bond donors (Lipinski definition) is 1. The minimum absolute atomic E-state index is 0.125. The molecule has 0 bridgehead atoms. The van der Waals surface area contributed by atoms with Crippen LogP contribution in [-0.4, -0.2) is 40.0 Å². The third kappa shape index (κ3) is 2.66. The van der Waals surface area contributed by atoms with E-state index in [-0.39, 0.29) is 12.5 Å². The highest BCUT2D eigenvalue weighted by atomic mass is 16.4. The number of aryl methyl sites for hydroxylation is 1. The van der Waals surface area contributed by atoms with E-state index in [4.69, 9.17) is 0 Å². The van der Waals surface area contributed by atoms with Crippen LogP contribution in [0.4, 0.5) is 0 Å². The van der Waals surface area contributed by atoms with E-state index < -0.39 is 11.4 Å². The van der Waals surface area contributed by atoms with Crippen molar-refractivity contribution in [1.29, 1.82) is 0 Å². The van der Waals surface area contributed by atoms with Gasteiger partial charge in [0, 0.05) is 25.5 Å². The molecule has 1 aliphatic heterocycles. The Morgan fingerprint density at radius 3 is 2.80 bits per heavy atom. The second kappa shape index (κ2) is 5.61. The Morgan fingerprint density at radius 2 is 2.20 bits per heavy atom. The number of pyridine rings is 1. The standard InChI is InChI=1S/C15H20N2O3/c1-3-15(14(19)20)5-4-6-17(10-15)13(18)12-7-11(2)8-16-9-12/h7-9H,3-6,10H2,1-2H3,(H,19,20). The SMILES string of the molecule is CCC1(C(=O)O)CCCN(C(=O)c2cncc(C)c2)C1. The number of amides is 1. The number of carbonyl (C=O) groups is 2. The average molecular weight is 276 g/mol. The summed E-state index contributed by atoms with van der Waals surface area (Å²) in [6.45, 7) is 4.65. The molecule has 0 radical (unpaired) electrons. The molecule has 1 atom stereocenters. The van der Waals surface area contributed by atoms with Crippen LogP contribution in [0.3, 0.4) is 0 Å². The summed E-state index contributed by atoms with van der Waals surface area (Å²) < 4.78 is 0. The number of aliphatic carboxylic acids is 1. The Bertz CT molecular complexity index is 530. The van der Waals surface area contributed by atoms with Gasteiger partial charge in [0.1, 0.15) is 0 Å². The summed E-state index contributed by atoms with van der Waals surface area (Å²) in [6.07, 6.45) is 5.14. The van der Waals surface area contributed by atoms with Crippen molar-refractivity contribution in [3.05, 3.63) is 29.6 Å². The molecule has 1 fully saturated rings. The Balaban J connectivity index is 2.21. The van der Waals surface area contributed by atoms with Gasteiger partial charge >= 0.3 is 5.97 Å². The zero-order chi connectivity index (χ0) is 14.8. The van der Waals surface area contributed by atoms with Crippen molar-refractivity contribution in [3.63, 3.8) is 0 Å². The molecule has 1 N–H and O–H groups in total. The molecule has 1 amide bonds. The fraction of sp³-hybridized carbons (Fsp3) is 0.533. The van der Waals surface area contributed by atoms with E-state index in [0.717, 1.165) is 12.0 Å². The highest BCUT2D eigenvalue weighted by molar-refractivity contribution is 5.94. The first-order valence-electron chi connectivity index (χ1n) is 6.93. The summed E-state index contributed by atoms with van der Waals surface area (Å²) in [4.78, 5) is 29.7. The Hall–Kier alpha value is -1.91. The van der Waals surface area contributed by atoms with Crippen LogP contribution in [0.15, 0.2) is 18.5 Å². The van der Waals surface area contributed by atoms with E-state index in [1.807, 2.05) is 13.8 Å². The number of carboxylic acid groups (broad SMARTS) is 1. The molecule has 2 heterocycles. The molecule has 5 nitrogen and oxygen atoms in total. The number of piperidine rings is 1. The quantitative estimate of drug-likeness (QED) is 0.918. The molecule has 2 rings (SSSR count). The molecule has 0 spiro atoms. The number of carboxylic acids is 1. The first-order chi connectivity index (χ1) is 9.48. The molecule has 1 unspecified atom stereocenters. The molecular formula is C15H20N2O3. The Kier molecular flexibility index (Phi) is 4.06. The third-order valence-corrected chi connectivity index (χ3v) is 4.12. The number of likely N-dealkylation sites (tertiary alicyclic amines) is 1. The first-order valence-corrected chi connectivity index (χ1v) is 6.93. The molecule has 0 aliphatic carbocycles. The van der Waals surface area contributed by atoms with E-state index in [9.17, 15) is 14.7 Å². The van der Waals surface area contributed by atoms with Gasteiger partial charge in [0.25, 0.3) is 5.91 Å². The van der Waals surface area contributed by atoms with E-state index in [2.05, 4.69) is 4.98 Å². The maximum atomic E-state index is 12.5. The summed E-state index contributed by atoms with van der Waals surface area (Å²) in [5.74, 6) is -0.931. The van der Waals surface area contributed by atoms with Crippen LogP contribution in [-0.2, 0) is 4.79 Å². The average Bonchev–Trinajstić information content (AvgIpc) is 2.46. The molecule has 108 valence electrons. The number of rotatable bonds is 3. The van der Waals surface area contributed by atoms with Gasteiger partial charge in [-0.25, -0.2) is 0 Å². The maximum Gasteiger partial charge on any atom is 0.311 e. The van der Waals surface area contributed by atoms with Crippen molar-refractivity contribution in [1.82, 2.24) is 9.88 Å². The predicted molar refractivity (Wildman–Crippen MR) is 74.5 cm³/mol. The van der Waals surface area contributed by atoms with E-state index in [1.54, 1.807) is 23.4 Å². The molecular weight excluding hydrogens is 256 g/mol. The highest BCUT2D eigenvalue weighted by Gasteiger charge is 2.42. The van der Waals surface area contributed by atoms with Crippen LogP contribution >= 0.6 is 0 Å². The van der Waals surface area contributed by atoms with Gasteiger partial charge in [0.2, 0.25) is 0 Å². The minimum atomic E-state index is -0.806. The normalized spacial score (nSPS) is 22.6. The number of nitrogens with zero attached hydrogens (tertiary/aromatic N) is 2. The molecule has 0 aromatic carbocycles. The van der Waals surface area contributed by atoms with Crippen LogP contribution in [0.5, 0.6) is 0 Å². The van der Waals surface area contributed by atoms with Gasteiger partial charge in [-0.2, -0.15) is 0 Å². The van der Waals surface area contributed by atoms with Crippen LogP contribution in [0.2, 0.25) is 0 Å². The van der Waals surface area contributed by atoms with Crippen LogP contribution in [0.25, 0.3) is 0 Å². The molecule has 1 aromatic rings. The van der Waals surface area contributed by atoms with Gasteiger partial charge in [-0.3, -0.25) is 14.6 Å². The van der Waals surface area contributed by atoms with Crippen LogP contribution in [0.1, 0.15) is 42.1 Å². The summed E-state index contributed by atoms with van der Waals surface area (Å²) in [5.41, 5.74) is 0.653. The van der Waals surface area contributed by atoms with Crippen LogP contribution < -0.4 is 0 Å². The van der Waals surface area contributed by atoms with Gasteiger partial charge < -0.3 is 10.0 Å². The predicted octanol–water partition coefficient (Wildman–Crippen LogP) is 2.11. The Labute approximate surface area is 118 Å².